The first-order valence-corrected chi connectivity index (χ1v) is 17.6. The molecular weight excluding hydrogens is 564 g/mol. The Hall–Kier alpha value is -3.92. The molecular formula is C42H52N2O2. The molecule has 1 heterocycles. The fourth-order valence-electron chi connectivity index (χ4n) is 7.00. The minimum atomic E-state index is -0.353. The highest BCUT2D eigenvalue weighted by atomic mass is 16.2. The molecule has 4 nitrogen and oxygen atoms in total. The molecule has 5 rings (SSSR count). The van der Waals surface area contributed by atoms with Crippen molar-refractivity contribution in [3.8, 4) is 0 Å². The summed E-state index contributed by atoms with van der Waals surface area (Å²) in [5, 5.41) is 0. The van der Waals surface area contributed by atoms with E-state index in [4.69, 9.17) is 0 Å². The molecule has 0 aliphatic carbocycles. The van der Waals surface area contributed by atoms with Crippen LogP contribution in [0.1, 0.15) is 113 Å². The fourth-order valence-corrected chi connectivity index (χ4v) is 7.00. The highest BCUT2D eigenvalue weighted by Crippen LogP contribution is 2.50. The first-order chi connectivity index (χ1) is 22.3. The number of allylic oxidation sites excluding steroid dienone is 1. The Morgan fingerprint density at radius 3 is 1.78 bits per heavy atom. The summed E-state index contributed by atoms with van der Waals surface area (Å²) < 4.78 is 0. The Balaban J connectivity index is 1.39. The average Bonchev–Trinajstić information content (AvgIpc) is 3.28. The van der Waals surface area contributed by atoms with Crippen molar-refractivity contribution in [3.63, 3.8) is 0 Å². The van der Waals surface area contributed by atoms with Gasteiger partial charge in [0.1, 0.15) is 0 Å². The van der Waals surface area contributed by atoms with E-state index in [2.05, 4.69) is 109 Å². The summed E-state index contributed by atoms with van der Waals surface area (Å²) in [6.07, 6.45) is 15.0. The summed E-state index contributed by atoms with van der Waals surface area (Å²) in [6.45, 7) is 11.1. The molecule has 0 spiro atoms. The minimum absolute atomic E-state index is 0.318. The molecule has 0 unspecified atom stereocenters. The number of fused-ring (bicyclic) bond motifs is 1. The first-order valence-electron chi connectivity index (χ1n) is 17.6. The zero-order valence-electron chi connectivity index (χ0n) is 28.5. The molecule has 0 amide bonds. The maximum atomic E-state index is 12.6. The molecule has 46 heavy (non-hydrogen) atoms. The Morgan fingerprint density at radius 1 is 0.696 bits per heavy atom. The van der Waals surface area contributed by atoms with E-state index >= 15 is 0 Å². The third kappa shape index (κ3) is 7.71. The van der Waals surface area contributed by atoms with Crippen LogP contribution < -0.4 is 20.7 Å². The Labute approximate surface area is 276 Å². The normalized spacial score (nSPS) is 14.7. The van der Waals surface area contributed by atoms with E-state index in [1.807, 2.05) is 6.08 Å². The van der Waals surface area contributed by atoms with Crippen molar-refractivity contribution in [3.05, 3.63) is 133 Å². The Morgan fingerprint density at radius 2 is 1.24 bits per heavy atom. The van der Waals surface area contributed by atoms with Gasteiger partial charge in [-0.2, -0.15) is 0 Å². The van der Waals surface area contributed by atoms with Crippen LogP contribution in [0, 0.1) is 6.92 Å². The minimum Gasteiger partial charge on any atom is -0.363 e. The number of anilines is 2. The van der Waals surface area contributed by atoms with Gasteiger partial charge in [0.15, 0.2) is 0 Å². The third-order valence-electron chi connectivity index (χ3n) is 9.88. The van der Waals surface area contributed by atoms with Crippen molar-refractivity contribution in [2.45, 2.75) is 110 Å². The molecule has 0 saturated carbocycles. The van der Waals surface area contributed by atoms with Crippen LogP contribution in [0.3, 0.4) is 0 Å². The topological polar surface area (TPSA) is 40.6 Å². The lowest BCUT2D eigenvalue weighted by atomic mass is 9.82. The zero-order valence-corrected chi connectivity index (χ0v) is 28.5. The molecule has 0 bridgehead atoms. The summed E-state index contributed by atoms with van der Waals surface area (Å²) in [7, 11) is 0. The number of nitrogens with zero attached hydrogens (tertiary/aromatic N) is 2. The summed E-state index contributed by atoms with van der Waals surface area (Å²) >= 11 is 0. The Kier molecular flexibility index (Phi) is 11.3. The predicted molar refractivity (Wildman–Crippen MR) is 195 cm³/mol. The van der Waals surface area contributed by atoms with Gasteiger partial charge in [-0.3, -0.25) is 9.59 Å². The van der Waals surface area contributed by atoms with Gasteiger partial charge in [-0.05, 0) is 54.3 Å². The molecule has 0 N–H and O–H groups in total. The van der Waals surface area contributed by atoms with Gasteiger partial charge in [0, 0.05) is 53.2 Å². The lowest BCUT2D eigenvalue weighted by Gasteiger charge is -2.28. The van der Waals surface area contributed by atoms with Crippen LogP contribution in [0.15, 0.2) is 94.1 Å². The maximum Gasteiger partial charge on any atom is 0.233 e. The SMILES string of the molecule is CCCCCCCCCCCCN1/C(=C/c2c(C)c(=O)c2=O)C(C)(C)c2cc(N(Cc3ccccc3)Cc3ccccc3)ccc21. The number of rotatable bonds is 17. The van der Waals surface area contributed by atoms with E-state index in [0.717, 1.165) is 31.8 Å². The monoisotopic (exact) mass is 616 g/mol. The van der Waals surface area contributed by atoms with Crippen molar-refractivity contribution in [1.82, 2.24) is 0 Å². The van der Waals surface area contributed by atoms with Crippen LogP contribution in [0.2, 0.25) is 0 Å². The predicted octanol–water partition coefficient (Wildman–Crippen LogP) is 9.86. The molecule has 0 radical (unpaired) electrons. The van der Waals surface area contributed by atoms with Crippen LogP contribution in [-0.2, 0) is 18.5 Å². The first kappa shape index (κ1) is 33.4. The average molecular weight is 617 g/mol. The quantitative estimate of drug-likeness (QED) is 0.0875. The van der Waals surface area contributed by atoms with Gasteiger partial charge in [-0.25, -0.2) is 0 Å². The van der Waals surface area contributed by atoms with Gasteiger partial charge < -0.3 is 9.80 Å². The molecule has 4 aromatic carbocycles. The number of unbranched alkanes of at least 4 members (excludes halogenated alkanes) is 9. The fraction of sp³-hybridized carbons (Fsp3) is 0.429. The smallest absolute Gasteiger partial charge is 0.233 e. The second-order valence-electron chi connectivity index (χ2n) is 13.7. The van der Waals surface area contributed by atoms with Crippen molar-refractivity contribution in [2.24, 2.45) is 0 Å². The summed E-state index contributed by atoms with van der Waals surface area (Å²) in [4.78, 5) is 29.6. The van der Waals surface area contributed by atoms with E-state index in [1.54, 1.807) is 6.92 Å². The molecule has 0 fully saturated rings. The molecule has 242 valence electrons. The van der Waals surface area contributed by atoms with Crippen LogP contribution >= 0.6 is 0 Å². The molecule has 1 aliphatic heterocycles. The number of benzene rings is 3. The molecule has 0 aromatic heterocycles. The van der Waals surface area contributed by atoms with Crippen LogP contribution in [-0.4, -0.2) is 6.54 Å². The van der Waals surface area contributed by atoms with E-state index in [1.165, 1.54) is 85.9 Å². The van der Waals surface area contributed by atoms with Crippen molar-refractivity contribution in [2.75, 3.05) is 16.3 Å². The van der Waals surface area contributed by atoms with Gasteiger partial charge in [-0.1, -0.05) is 139 Å². The van der Waals surface area contributed by atoms with Gasteiger partial charge in [0.05, 0.1) is 0 Å². The van der Waals surface area contributed by atoms with Crippen molar-refractivity contribution < 1.29 is 0 Å². The van der Waals surface area contributed by atoms with Gasteiger partial charge >= 0.3 is 0 Å². The van der Waals surface area contributed by atoms with E-state index in [0.29, 0.717) is 11.1 Å². The number of hydrogen-bond donors (Lipinski definition) is 0. The van der Waals surface area contributed by atoms with Gasteiger partial charge in [0.2, 0.25) is 10.9 Å². The van der Waals surface area contributed by atoms with E-state index in [9.17, 15) is 9.59 Å². The maximum absolute atomic E-state index is 12.6. The van der Waals surface area contributed by atoms with Crippen molar-refractivity contribution in [1.29, 1.82) is 0 Å². The highest BCUT2D eigenvalue weighted by molar-refractivity contribution is 5.79. The van der Waals surface area contributed by atoms with Crippen LogP contribution in [0.5, 0.6) is 0 Å². The third-order valence-corrected chi connectivity index (χ3v) is 9.88. The number of hydrogen-bond acceptors (Lipinski definition) is 4. The van der Waals surface area contributed by atoms with E-state index in [-0.39, 0.29) is 16.3 Å². The standard InChI is InChI=1S/C42H52N2O2/c1-5-6-7-8-9-10-11-12-13-20-27-44-38-26-25-35(28-37(38)42(3,4)39(44)29-36-32(2)40(45)41(36)46)43(30-33-21-16-14-17-22-33)31-34-23-18-15-19-24-34/h14-19,21-26,28-29H,5-13,20,27,30-31H2,1-4H3/b39-29+. The summed E-state index contributed by atoms with van der Waals surface area (Å²) in [6, 6.07) is 28.2. The van der Waals surface area contributed by atoms with Gasteiger partial charge in [-0.15, -0.1) is 0 Å². The molecule has 0 atom stereocenters. The molecule has 4 heteroatoms. The summed E-state index contributed by atoms with van der Waals surface area (Å²) in [5.41, 5.74) is 7.47. The second-order valence-corrected chi connectivity index (χ2v) is 13.7. The molecule has 4 aromatic rings. The van der Waals surface area contributed by atoms with Gasteiger partial charge in [0.25, 0.3) is 0 Å². The second kappa shape index (κ2) is 15.6. The zero-order chi connectivity index (χ0) is 32.5. The summed E-state index contributed by atoms with van der Waals surface area (Å²) in [5.74, 6) is 0. The molecule has 0 saturated heterocycles. The van der Waals surface area contributed by atoms with Crippen LogP contribution in [0.25, 0.3) is 6.08 Å². The lowest BCUT2D eigenvalue weighted by Crippen LogP contribution is -2.37. The van der Waals surface area contributed by atoms with Crippen molar-refractivity contribution >= 4 is 17.5 Å². The Bertz CT molecular complexity index is 1620. The molecule has 1 aliphatic rings. The largest absolute Gasteiger partial charge is 0.363 e. The van der Waals surface area contributed by atoms with Crippen LogP contribution in [0.4, 0.5) is 11.4 Å². The highest BCUT2D eigenvalue weighted by Gasteiger charge is 2.41. The lowest BCUT2D eigenvalue weighted by molar-refractivity contribution is 0.554. The van der Waals surface area contributed by atoms with E-state index < -0.39 is 0 Å².